The van der Waals surface area contributed by atoms with E-state index < -0.39 is 0 Å². The number of hydrogen-bond acceptors (Lipinski definition) is 5. The Kier molecular flexibility index (Phi) is 4.76. The Labute approximate surface area is 177 Å². The molecule has 5 aromatic rings. The van der Waals surface area contributed by atoms with Crippen LogP contribution in [0.15, 0.2) is 69.9 Å². The molecule has 2 N–H and O–H groups in total. The molecule has 0 fully saturated rings. The van der Waals surface area contributed by atoms with E-state index in [1.165, 1.54) is 0 Å². The monoisotopic (exact) mass is 413 g/mol. The molecule has 7 heteroatoms. The fourth-order valence-electron chi connectivity index (χ4n) is 3.56. The summed E-state index contributed by atoms with van der Waals surface area (Å²) in [6, 6.07) is 15.0. The molecule has 154 valence electrons. The fourth-order valence-corrected chi connectivity index (χ4v) is 3.56. The number of benzene rings is 2. The van der Waals surface area contributed by atoms with E-state index in [2.05, 4.69) is 15.5 Å². The topological polar surface area (TPSA) is 93.3 Å². The van der Waals surface area contributed by atoms with Gasteiger partial charge in [-0.05, 0) is 54.1 Å². The van der Waals surface area contributed by atoms with E-state index in [1.807, 2.05) is 42.5 Å². The first kappa shape index (κ1) is 18.7. The number of aromatic amines is 1. The number of nitrogens with zero attached hydrogens (tertiary/aromatic N) is 1. The van der Waals surface area contributed by atoms with Crippen molar-refractivity contribution >= 4 is 39.9 Å². The first-order chi connectivity index (χ1) is 15.2. The lowest BCUT2D eigenvalue weighted by Crippen LogP contribution is -2.23. The van der Waals surface area contributed by atoms with E-state index in [-0.39, 0.29) is 5.91 Å². The van der Waals surface area contributed by atoms with Gasteiger partial charge in [-0.1, -0.05) is 12.1 Å². The fraction of sp³-hybridized carbons (Fsp3) is 0.0833. The molecule has 2 aromatic carbocycles. The standard InChI is InChI=1S/C24H19N3O4/c1-29-23-18(24(28)25-14-17-3-2-11-30-17)6-8-20-22(23)19(26-27-20)7-4-15-5-9-21-16(13-15)10-12-31-21/h2-13H,14H2,1H3,(H,25,28)(H,26,27). The number of furan rings is 2. The minimum absolute atomic E-state index is 0.253. The van der Waals surface area contributed by atoms with Crippen LogP contribution in [0.25, 0.3) is 34.0 Å². The Balaban J connectivity index is 1.47. The maximum atomic E-state index is 12.8. The predicted octanol–water partition coefficient (Wildman–Crippen LogP) is 5.01. The minimum Gasteiger partial charge on any atom is -0.495 e. The molecule has 3 heterocycles. The van der Waals surface area contributed by atoms with Crippen molar-refractivity contribution in [2.24, 2.45) is 0 Å². The van der Waals surface area contributed by atoms with Gasteiger partial charge in [0, 0.05) is 5.39 Å². The van der Waals surface area contributed by atoms with Crippen LogP contribution in [0.3, 0.4) is 0 Å². The highest BCUT2D eigenvalue weighted by atomic mass is 16.5. The van der Waals surface area contributed by atoms with Gasteiger partial charge in [0.25, 0.3) is 5.91 Å². The summed E-state index contributed by atoms with van der Waals surface area (Å²) in [5.74, 6) is 0.889. The quantitative estimate of drug-likeness (QED) is 0.408. The average molecular weight is 413 g/mol. The lowest BCUT2D eigenvalue weighted by Gasteiger charge is -2.10. The van der Waals surface area contributed by atoms with E-state index in [0.29, 0.717) is 29.3 Å². The predicted molar refractivity (Wildman–Crippen MR) is 118 cm³/mol. The largest absolute Gasteiger partial charge is 0.495 e. The molecule has 0 aliphatic rings. The summed E-state index contributed by atoms with van der Waals surface area (Å²) in [6.07, 6.45) is 7.10. The van der Waals surface area contributed by atoms with E-state index in [9.17, 15) is 4.79 Å². The molecule has 0 aliphatic heterocycles. The molecule has 31 heavy (non-hydrogen) atoms. The molecule has 0 radical (unpaired) electrons. The number of fused-ring (bicyclic) bond motifs is 2. The number of aromatic nitrogens is 2. The van der Waals surface area contributed by atoms with Crippen LogP contribution in [0.1, 0.15) is 27.4 Å². The molecular formula is C24H19N3O4. The van der Waals surface area contributed by atoms with Gasteiger partial charge in [0.15, 0.2) is 0 Å². The van der Waals surface area contributed by atoms with Gasteiger partial charge in [-0.3, -0.25) is 9.89 Å². The first-order valence-corrected chi connectivity index (χ1v) is 9.74. The molecule has 7 nitrogen and oxygen atoms in total. The summed E-state index contributed by atoms with van der Waals surface area (Å²) in [4.78, 5) is 12.8. The lowest BCUT2D eigenvalue weighted by atomic mass is 10.1. The number of carbonyl (C=O) groups excluding carboxylic acids is 1. The van der Waals surface area contributed by atoms with Crippen molar-refractivity contribution in [2.45, 2.75) is 6.54 Å². The third-order valence-electron chi connectivity index (χ3n) is 5.07. The number of carbonyl (C=O) groups is 1. The Bertz CT molecular complexity index is 1390. The normalized spacial score (nSPS) is 11.5. The van der Waals surface area contributed by atoms with Crippen LogP contribution in [0.5, 0.6) is 5.75 Å². The van der Waals surface area contributed by atoms with Gasteiger partial charge >= 0.3 is 0 Å². The summed E-state index contributed by atoms with van der Waals surface area (Å²) >= 11 is 0. The van der Waals surface area contributed by atoms with Crippen molar-refractivity contribution in [1.29, 1.82) is 0 Å². The number of amides is 1. The van der Waals surface area contributed by atoms with Crippen LogP contribution < -0.4 is 10.1 Å². The molecule has 0 spiro atoms. The summed E-state index contributed by atoms with van der Waals surface area (Å²) in [5, 5.41) is 12.0. The highest BCUT2D eigenvalue weighted by Gasteiger charge is 2.19. The summed E-state index contributed by atoms with van der Waals surface area (Å²) in [6.45, 7) is 0.293. The van der Waals surface area contributed by atoms with Gasteiger partial charge in [0.1, 0.15) is 17.1 Å². The van der Waals surface area contributed by atoms with E-state index in [0.717, 1.165) is 27.4 Å². The molecule has 0 aliphatic carbocycles. The zero-order chi connectivity index (χ0) is 21.2. The number of nitrogens with one attached hydrogen (secondary N) is 2. The molecule has 0 unspecified atom stereocenters. The van der Waals surface area contributed by atoms with Crippen molar-refractivity contribution in [3.8, 4) is 5.75 Å². The van der Waals surface area contributed by atoms with Gasteiger partial charge in [-0.15, -0.1) is 0 Å². The van der Waals surface area contributed by atoms with Gasteiger partial charge in [-0.2, -0.15) is 5.10 Å². The molecule has 0 saturated heterocycles. The molecule has 0 saturated carbocycles. The number of rotatable bonds is 6. The summed E-state index contributed by atoms with van der Waals surface area (Å²) in [7, 11) is 1.55. The zero-order valence-corrected chi connectivity index (χ0v) is 16.7. The third-order valence-corrected chi connectivity index (χ3v) is 5.07. The first-order valence-electron chi connectivity index (χ1n) is 9.74. The third kappa shape index (κ3) is 3.57. The molecule has 0 bridgehead atoms. The zero-order valence-electron chi connectivity index (χ0n) is 16.7. The van der Waals surface area contributed by atoms with Crippen LogP contribution in [0, 0.1) is 0 Å². The summed E-state index contributed by atoms with van der Waals surface area (Å²) < 4.78 is 16.3. The van der Waals surface area contributed by atoms with Crippen molar-refractivity contribution in [3.05, 3.63) is 83.6 Å². The van der Waals surface area contributed by atoms with Crippen LogP contribution in [0.2, 0.25) is 0 Å². The Morgan fingerprint density at radius 2 is 2.06 bits per heavy atom. The SMILES string of the molecule is COc1c(C(=O)NCc2ccco2)ccc2[nH]nc(C=Cc3ccc4occc4c3)c12. The smallest absolute Gasteiger partial charge is 0.255 e. The highest BCUT2D eigenvalue weighted by Crippen LogP contribution is 2.32. The van der Waals surface area contributed by atoms with E-state index >= 15 is 0 Å². The number of methoxy groups -OCH3 is 1. The second-order valence-electron chi connectivity index (χ2n) is 6.99. The minimum atomic E-state index is -0.253. The Morgan fingerprint density at radius 3 is 2.90 bits per heavy atom. The second-order valence-corrected chi connectivity index (χ2v) is 6.99. The maximum absolute atomic E-state index is 12.8. The van der Waals surface area contributed by atoms with Crippen molar-refractivity contribution in [1.82, 2.24) is 15.5 Å². The van der Waals surface area contributed by atoms with Gasteiger partial charge in [0.2, 0.25) is 0 Å². The van der Waals surface area contributed by atoms with Crippen molar-refractivity contribution < 1.29 is 18.4 Å². The van der Waals surface area contributed by atoms with Crippen LogP contribution in [0.4, 0.5) is 0 Å². The average Bonchev–Trinajstić information content (AvgIpc) is 3.55. The Hall–Kier alpha value is -4.26. The summed E-state index contributed by atoms with van der Waals surface area (Å²) in [5.41, 5.74) is 3.74. The lowest BCUT2D eigenvalue weighted by molar-refractivity contribution is 0.0945. The van der Waals surface area contributed by atoms with E-state index in [1.54, 1.807) is 37.8 Å². The maximum Gasteiger partial charge on any atom is 0.255 e. The number of ether oxygens (including phenoxy) is 1. The van der Waals surface area contributed by atoms with Gasteiger partial charge in [-0.25, -0.2) is 0 Å². The van der Waals surface area contributed by atoms with Crippen LogP contribution in [-0.4, -0.2) is 23.2 Å². The van der Waals surface area contributed by atoms with Crippen LogP contribution in [-0.2, 0) is 6.54 Å². The van der Waals surface area contributed by atoms with Crippen LogP contribution >= 0.6 is 0 Å². The molecule has 5 rings (SSSR count). The van der Waals surface area contributed by atoms with Crippen molar-refractivity contribution in [2.75, 3.05) is 7.11 Å². The second kappa shape index (κ2) is 7.87. The number of H-pyrrole nitrogens is 1. The Morgan fingerprint density at radius 1 is 1.13 bits per heavy atom. The molecule has 3 aromatic heterocycles. The van der Waals surface area contributed by atoms with Gasteiger partial charge < -0.3 is 18.9 Å². The molecule has 1 amide bonds. The van der Waals surface area contributed by atoms with Crippen molar-refractivity contribution in [3.63, 3.8) is 0 Å². The molecular weight excluding hydrogens is 394 g/mol. The highest BCUT2D eigenvalue weighted by molar-refractivity contribution is 6.05. The van der Waals surface area contributed by atoms with Gasteiger partial charge in [0.05, 0.1) is 48.3 Å². The number of hydrogen-bond donors (Lipinski definition) is 2. The van der Waals surface area contributed by atoms with E-state index in [4.69, 9.17) is 13.6 Å². The molecule has 0 atom stereocenters.